The van der Waals surface area contributed by atoms with Crippen LogP contribution in [0.25, 0.3) is 16.7 Å². The fraction of sp³-hybridized carbons (Fsp3) is 0.0667. The monoisotopic (exact) mass is 303 g/mol. The summed E-state index contributed by atoms with van der Waals surface area (Å²) in [5, 5.41) is 8.92. The topological polar surface area (TPSA) is 41.6 Å². The first-order chi connectivity index (χ1) is 10.1. The molecular weight excluding hydrogens is 296 g/mol. The van der Waals surface area contributed by atoms with Crippen molar-refractivity contribution in [3.63, 3.8) is 0 Å². The van der Waals surface area contributed by atoms with E-state index in [1.807, 2.05) is 0 Å². The Morgan fingerprint density at radius 2 is 2.00 bits per heavy atom. The second-order valence-electron chi connectivity index (χ2n) is 4.41. The smallest absolute Gasteiger partial charge is 0.141 e. The molecule has 0 saturated heterocycles. The molecule has 0 aliphatic heterocycles. The van der Waals surface area contributed by atoms with Crippen LogP contribution in [-0.4, -0.2) is 9.55 Å². The third kappa shape index (κ3) is 2.24. The number of hydrogen-bond acceptors (Lipinski definition) is 2. The van der Waals surface area contributed by atoms with Gasteiger partial charge in [-0.05, 0) is 30.3 Å². The predicted octanol–water partition coefficient (Wildman–Crippen LogP) is 3.91. The molecule has 2 aromatic carbocycles. The molecule has 0 radical (unpaired) electrons. The van der Waals surface area contributed by atoms with Crippen LogP contribution in [0.1, 0.15) is 11.4 Å². The molecule has 3 aromatic rings. The lowest BCUT2D eigenvalue weighted by atomic mass is 10.2. The van der Waals surface area contributed by atoms with E-state index in [1.54, 1.807) is 16.7 Å². The van der Waals surface area contributed by atoms with Gasteiger partial charge in [-0.25, -0.2) is 13.8 Å². The Bertz CT molecular complexity index is 880. The number of halogens is 3. The molecule has 0 saturated carbocycles. The van der Waals surface area contributed by atoms with Crippen LogP contribution in [0, 0.1) is 23.0 Å². The quantitative estimate of drug-likeness (QED) is 0.673. The Balaban J connectivity index is 2.33. The molecule has 0 spiro atoms. The number of aromatic nitrogens is 2. The molecule has 0 aliphatic rings. The molecule has 0 fully saturated rings. The molecule has 3 rings (SSSR count). The van der Waals surface area contributed by atoms with Crippen molar-refractivity contribution in [2.45, 2.75) is 5.88 Å². The fourth-order valence-corrected chi connectivity index (χ4v) is 2.39. The Kier molecular flexibility index (Phi) is 3.32. The number of alkyl halides is 1. The lowest BCUT2D eigenvalue weighted by Crippen LogP contribution is -2.00. The van der Waals surface area contributed by atoms with Crippen LogP contribution in [0.5, 0.6) is 0 Å². The second-order valence-corrected chi connectivity index (χ2v) is 4.67. The molecule has 0 aliphatic carbocycles. The molecule has 0 unspecified atom stereocenters. The van der Waals surface area contributed by atoms with Crippen LogP contribution in [0.2, 0.25) is 0 Å². The van der Waals surface area contributed by atoms with Crippen molar-refractivity contribution in [2.24, 2.45) is 0 Å². The molecule has 0 amide bonds. The van der Waals surface area contributed by atoms with Crippen LogP contribution in [-0.2, 0) is 5.88 Å². The van der Waals surface area contributed by atoms with E-state index in [1.165, 1.54) is 30.3 Å². The summed E-state index contributed by atoms with van der Waals surface area (Å²) in [6.07, 6.45) is 0. The zero-order valence-electron chi connectivity index (χ0n) is 10.6. The van der Waals surface area contributed by atoms with E-state index in [2.05, 4.69) is 4.98 Å². The van der Waals surface area contributed by atoms with Crippen molar-refractivity contribution < 1.29 is 8.78 Å². The minimum Gasteiger partial charge on any atom is -0.295 e. The molecule has 1 heterocycles. The molecule has 3 nitrogen and oxygen atoms in total. The van der Waals surface area contributed by atoms with Gasteiger partial charge in [0.05, 0.1) is 22.5 Å². The number of fused-ring (bicyclic) bond motifs is 1. The van der Waals surface area contributed by atoms with E-state index in [0.717, 1.165) is 0 Å². The van der Waals surface area contributed by atoms with E-state index in [0.29, 0.717) is 22.5 Å². The molecule has 1 aromatic heterocycles. The van der Waals surface area contributed by atoms with E-state index in [-0.39, 0.29) is 11.4 Å². The third-order valence-corrected chi connectivity index (χ3v) is 3.37. The predicted molar refractivity (Wildman–Crippen MR) is 75.3 cm³/mol. The van der Waals surface area contributed by atoms with Gasteiger partial charge in [0.1, 0.15) is 23.5 Å². The Labute approximate surface area is 124 Å². The van der Waals surface area contributed by atoms with Gasteiger partial charge in [-0.15, -0.1) is 11.6 Å². The first-order valence-corrected chi connectivity index (χ1v) is 6.60. The Morgan fingerprint density at radius 3 is 2.71 bits per heavy atom. The van der Waals surface area contributed by atoms with Crippen molar-refractivity contribution in [1.29, 1.82) is 5.26 Å². The maximum absolute atomic E-state index is 13.5. The molecule has 6 heteroatoms. The van der Waals surface area contributed by atoms with Gasteiger partial charge in [0.2, 0.25) is 0 Å². The highest BCUT2D eigenvalue weighted by Crippen LogP contribution is 2.24. The van der Waals surface area contributed by atoms with Gasteiger partial charge in [-0.2, -0.15) is 5.26 Å². The number of imidazole rings is 1. The van der Waals surface area contributed by atoms with Gasteiger partial charge in [-0.3, -0.25) is 4.57 Å². The summed E-state index contributed by atoms with van der Waals surface area (Å²) in [7, 11) is 0. The minimum absolute atomic E-state index is 0.0914. The summed E-state index contributed by atoms with van der Waals surface area (Å²) in [5.41, 5.74) is 1.51. The lowest BCUT2D eigenvalue weighted by Gasteiger charge is -2.08. The van der Waals surface area contributed by atoms with Crippen LogP contribution >= 0.6 is 11.6 Å². The summed E-state index contributed by atoms with van der Waals surface area (Å²) in [4.78, 5) is 4.31. The first-order valence-electron chi connectivity index (χ1n) is 6.07. The first kappa shape index (κ1) is 13.5. The zero-order valence-corrected chi connectivity index (χ0v) is 11.4. The maximum atomic E-state index is 13.5. The molecule has 21 heavy (non-hydrogen) atoms. The van der Waals surface area contributed by atoms with Crippen LogP contribution in [0.15, 0.2) is 36.4 Å². The molecule has 0 atom stereocenters. The highest BCUT2D eigenvalue weighted by atomic mass is 35.5. The maximum Gasteiger partial charge on any atom is 0.141 e. The average Bonchev–Trinajstić information content (AvgIpc) is 2.85. The molecule has 104 valence electrons. The number of rotatable bonds is 2. The van der Waals surface area contributed by atoms with Gasteiger partial charge in [-0.1, -0.05) is 0 Å². The van der Waals surface area contributed by atoms with E-state index in [4.69, 9.17) is 16.9 Å². The molecule has 0 bridgehead atoms. The Hall–Kier alpha value is -2.45. The van der Waals surface area contributed by atoms with Crippen molar-refractivity contribution >= 4 is 22.6 Å². The lowest BCUT2D eigenvalue weighted by molar-refractivity contribution is 0.623. The van der Waals surface area contributed by atoms with E-state index in [9.17, 15) is 8.78 Å². The Morgan fingerprint density at radius 1 is 1.19 bits per heavy atom. The van der Waals surface area contributed by atoms with E-state index < -0.39 is 11.6 Å². The molecule has 0 N–H and O–H groups in total. The zero-order chi connectivity index (χ0) is 15.0. The summed E-state index contributed by atoms with van der Waals surface area (Å²) in [6.45, 7) is 0. The van der Waals surface area contributed by atoms with Gasteiger partial charge in [0.25, 0.3) is 0 Å². The van der Waals surface area contributed by atoms with Crippen molar-refractivity contribution in [3.8, 4) is 11.8 Å². The SMILES string of the molecule is N#Cc1cc(-n2c(CCl)nc3ccc(F)cc32)ccc1F. The number of benzene rings is 2. The van der Waals surface area contributed by atoms with Crippen molar-refractivity contribution in [2.75, 3.05) is 0 Å². The van der Waals surface area contributed by atoms with Crippen molar-refractivity contribution in [3.05, 3.63) is 59.4 Å². The van der Waals surface area contributed by atoms with Crippen LogP contribution < -0.4 is 0 Å². The summed E-state index contributed by atoms with van der Waals surface area (Å²) in [6, 6.07) is 10.0. The fourth-order valence-electron chi connectivity index (χ4n) is 2.21. The largest absolute Gasteiger partial charge is 0.295 e. The van der Waals surface area contributed by atoms with Gasteiger partial charge < -0.3 is 0 Å². The van der Waals surface area contributed by atoms with Crippen LogP contribution in [0.4, 0.5) is 8.78 Å². The summed E-state index contributed by atoms with van der Waals surface area (Å²) < 4.78 is 28.5. The van der Waals surface area contributed by atoms with Crippen molar-refractivity contribution in [1.82, 2.24) is 9.55 Å². The summed E-state index contributed by atoms with van der Waals surface area (Å²) >= 11 is 5.88. The number of nitriles is 1. The van der Waals surface area contributed by atoms with E-state index >= 15 is 0 Å². The average molecular weight is 304 g/mol. The highest BCUT2D eigenvalue weighted by Gasteiger charge is 2.14. The number of hydrogen-bond donors (Lipinski definition) is 0. The summed E-state index contributed by atoms with van der Waals surface area (Å²) in [5.74, 6) is -0.417. The normalized spacial score (nSPS) is 10.8. The minimum atomic E-state index is -0.607. The number of nitrogens with zero attached hydrogens (tertiary/aromatic N) is 3. The molecular formula is C15H8ClF2N3. The van der Waals surface area contributed by atoms with Gasteiger partial charge in [0.15, 0.2) is 0 Å². The second kappa shape index (κ2) is 5.15. The van der Waals surface area contributed by atoms with Crippen LogP contribution in [0.3, 0.4) is 0 Å². The standard InChI is InChI=1S/C15H8ClF2N3/c16-7-15-20-13-4-1-10(17)6-14(13)21(15)11-2-3-12(18)9(5-11)8-19/h1-6H,7H2. The highest BCUT2D eigenvalue weighted by molar-refractivity contribution is 6.17. The third-order valence-electron chi connectivity index (χ3n) is 3.13. The van der Waals surface area contributed by atoms with Gasteiger partial charge in [0, 0.05) is 11.8 Å². The van der Waals surface area contributed by atoms with Gasteiger partial charge >= 0.3 is 0 Å².